The molecule has 1 atom stereocenters. The number of ether oxygens (including phenoxy) is 2. The van der Waals surface area contributed by atoms with Crippen LogP contribution in [0.4, 0.5) is 4.39 Å². The van der Waals surface area contributed by atoms with E-state index < -0.39 is 15.7 Å². The molecule has 0 heterocycles. The van der Waals surface area contributed by atoms with Gasteiger partial charge in [0.1, 0.15) is 34.9 Å². The molecule has 0 saturated carbocycles. The Balaban J connectivity index is 2.00. The standard InChI is InChI=1S/C25H26FNO3S/c1-25(2,3)31(28)27-16-19-10-12-21(22-15-20(26)11-13-23(22)29-4)24(14-19)30-17-18-8-6-5-7-9-18/h5-16H,17H2,1-4H3. The molecule has 0 aliphatic rings. The quantitative estimate of drug-likeness (QED) is 0.427. The van der Waals surface area contributed by atoms with Gasteiger partial charge in [0.25, 0.3) is 0 Å². The van der Waals surface area contributed by atoms with Crippen LogP contribution in [-0.2, 0) is 17.6 Å². The largest absolute Gasteiger partial charge is 0.496 e. The van der Waals surface area contributed by atoms with Crippen LogP contribution >= 0.6 is 0 Å². The highest BCUT2D eigenvalue weighted by Gasteiger charge is 2.18. The second-order valence-corrected chi connectivity index (χ2v) is 9.90. The van der Waals surface area contributed by atoms with E-state index in [2.05, 4.69) is 4.40 Å². The van der Waals surface area contributed by atoms with E-state index in [0.29, 0.717) is 29.2 Å². The minimum atomic E-state index is -1.37. The summed E-state index contributed by atoms with van der Waals surface area (Å²) >= 11 is 0. The van der Waals surface area contributed by atoms with E-state index in [1.165, 1.54) is 12.1 Å². The maximum Gasteiger partial charge on any atom is 0.144 e. The van der Waals surface area contributed by atoms with E-state index in [1.807, 2.05) is 69.3 Å². The highest BCUT2D eigenvalue weighted by atomic mass is 32.2. The van der Waals surface area contributed by atoms with Crippen LogP contribution in [0.2, 0.25) is 0 Å². The molecule has 0 N–H and O–H groups in total. The van der Waals surface area contributed by atoms with Gasteiger partial charge in [0, 0.05) is 17.3 Å². The molecule has 0 aromatic heterocycles. The lowest BCUT2D eigenvalue weighted by Gasteiger charge is -2.16. The molecule has 0 bridgehead atoms. The summed E-state index contributed by atoms with van der Waals surface area (Å²) in [7, 11) is 0.177. The van der Waals surface area contributed by atoms with Crippen LogP contribution in [0.5, 0.6) is 11.5 Å². The molecule has 3 rings (SSSR count). The van der Waals surface area contributed by atoms with Gasteiger partial charge in [-0.2, -0.15) is 4.40 Å². The Morgan fingerprint density at radius 3 is 2.39 bits per heavy atom. The fourth-order valence-corrected chi connectivity index (χ4v) is 3.39. The van der Waals surface area contributed by atoms with E-state index >= 15 is 0 Å². The number of benzene rings is 3. The molecule has 4 nitrogen and oxygen atoms in total. The Bertz CT molecular complexity index is 1090. The van der Waals surface area contributed by atoms with Crippen molar-refractivity contribution < 1.29 is 18.1 Å². The van der Waals surface area contributed by atoms with Crippen molar-refractivity contribution in [3.05, 3.63) is 83.7 Å². The fraction of sp³-hybridized carbons (Fsp3) is 0.240. The van der Waals surface area contributed by atoms with Gasteiger partial charge < -0.3 is 9.47 Å². The lowest BCUT2D eigenvalue weighted by Crippen LogP contribution is -2.19. The third-order valence-electron chi connectivity index (χ3n) is 4.52. The average Bonchev–Trinajstić information content (AvgIpc) is 2.76. The topological polar surface area (TPSA) is 47.9 Å². The number of hydrogen-bond donors (Lipinski definition) is 0. The average molecular weight is 440 g/mol. The molecule has 0 spiro atoms. The zero-order valence-corrected chi connectivity index (χ0v) is 18.9. The molecule has 0 aliphatic heterocycles. The predicted octanol–water partition coefficient (Wildman–Crippen LogP) is 5.96. The molecule has 31 heavy (non-hydrogen) atoms. The minimum Gasteiger partial charge on any atom is -0.496 e. The van der Waals surface area contributed by atoms with E-state index in [4.69, 9.17) is 9.47 Å². The van der Waals surface area contributed by atoms with E-state index in [1.54, 1.807) is 19.4 Å². The van der Waals surface area contributed by atoms with Crippen LogP contribution in [0.15, 0.2) is 71.1 Å². The summed E-state index contributed by atoms with van der Waals surface area (Å²) in [6, 6.07) is 19.6. The molecule has 3 aromatic carbocycles. The maximum atomic E-state index is 14.0. The highest BCUT2D eigenvalue weighted by molar-refractivity contribution is 7.85. The van der Waals surface area contributed by atoms with Crippen molar-refractivity contribution in [2.75, 3.05) is 7.11 Å². The zero-order chi connectivity index (χ0) is 22.4. The summed E-state index contributed by atoms with van der Waals surface area (Å²) in [4.78, 5) is 0. The Kier molecular flexibility index (Phi) is 7.23. The van der Waals surface area contributed by atoms with Gasteiger partial charge in [0.05, 0.1) is 11.9 Å². The zero-order valence-electron chi connectivity index (χ0n) is 18.1. The van der Waals surface area contributed by atoms with Crippen molar-refractivity contribution in [3.8, 4) is 22.6 Å². The molecular formula is C25H26FNO3S. The summed E-state index contributed by atoms with van der Waals surface area (Å²) in [5, 5.41) is 0. The van der Waals surface area contributed by atoms with Gasteiger partial charge in [-0.3, -0.25) is 0 Å². The number of nitrogens with zero attached hydrogens (tertiary/aromatic N) is 1. The smallest absolute Gasteiger partial charge is 0.144 e. The van der Waals surface area contributed by atoms with Gasteiger partial charge in [-0.1, -0.05) is 36.4 Å². The van der Waals surface area contributed by atoms with Gasteiger partial charge in [-0.15, -0.1) is 0 Å². The predicted molar refractivity (Wildman–Crippen MR) is 125 cm³/mol. The summed E-state index contributed by atoms with van der Waals surface area (Å²) in [5.41, 5.74) is 3.03. The first kappa shape index (κ1) is 22.7. The molecule has 0 saturated heterocycles. The van der Waals surface area contributed by atoms with Gasteiger partial charge >= 0.3 is 0 Å². The third kappa shape index (κ3) is 6.01. The molecule has 0 fully saturated rings. The first-order chi connectivity index (χ1) is 14.8. The van der Waals surface area contributed by atoms with Crippen molar-refractivity contribution in [1.82, 2.24) is 0 Å². The fourth-order valence-electron chi connectivity index (χ4n) is 2.85. The summed E-state index contributed by atoms with van der Waals surface area (Å²) < 4.78 is 41.6. The molecule has 0 radical (unpaired) electrons. The molecular weight excluding hydrogens is 413 g/mol. The van der Waals surface area contributed by atoms with Gasteiger partial charge in [0.2, 0.25) is 0 Å². The van der Waals surface area contributed by atoms with Crippen molar-refractivity contribution in [2.45, 2.75) is 32.1 Å². The molecule has 6 heteroatoms. The lowest BCUT2D eigenvalue weighted by molar-refractivity contribution is 0.307. The molecule has 1 unspecified atom stereocenters. The molecule has 3 aromatic rings. The summed E-state index contributed by atoms with van der Waals surface area (Å²) in [5.74, 6) is 0.732. The summed E-state index contributed by atoms with van der Waals surface area (Å²) in [6.45, 7) is 5.95. The summed E-state index contributed by atoms with van der Waals surface area (Å²) in [6.07, 6.45) is 1.57. The Morgan fingerprint density at radius 1 is 0.968 bits per heavy atom. The SMILES string of the molecule is COc1ccc(F)cc1-c1ccc(C=NS(=O)C(C)(C)C)cc1OCc1ccccc1. The van der Waals surface area contributed by atoms with Gasteiger partial charge in [-0.05, 0) is 62.2 Å². The Morgan fingerprint density at radius 2 is 1.71 bits per heavy atom. The normalized spacial score (nSPS) is 12.7. The van der Waals surface area contributed by atoms with Crippen molar-refractivity contribution in [3.63, 3.8) is 0 Å². The van der Waals surface area contributed by atoms with E-state index in [9.17, 15) is 8.60 Å². The number of rotatable bonds is 7. The van der Waals surface area contributed by atoms with Crippen LogP contribution in [0.1, 0.15) is 31.9 Å². The van der Waals surface area contributed by atoms with E-state index in [0.717, 1.165) is 11.1 Å². The van der Waals surface area contributed by atoms with Crippen LogP contribution in [0, 0.1) is 5.82 Å². The molecule has 162 valence electrons. The number of halogens is 1. The molecule has 0 amide bonds. The number of methoxy groups -OCH3 is 1. The monoisotopic (exact) mass is 439 g/mol. The number of hydrogen-bond acceptors (Lipinski definition) is 3. The second-order valence-electron chi connectivity index (χ2n) is 7.97. The Labute approximate surface area is 185 Å². The van der Waals surface area contributed by atoms with Gasteiger partial charge in [-0.25, -0.2) is 8.60 Å². The highest BCUT2D eigenvalue weighted by Crippen LogP contribution is 2.37. The second kappa shape index (κ2) is 9.88. The van der Waals surface area contributed by atoms with Crippen LogP contribution < -0.4 is 9.47 Å². The van der Waals surface area contributed by atoms with E-state index in [-0.39, 0.29) is 5.82 Å². The molecule has 0 aliphatic carbocycles. The third-order valence-corrected chi connectivity index (χ3v) is 5.86. The van der Waals surface area contributed by atoms with Crippen molar-refractivity contribution in [1.29, 1.82) is 0 Å². The lowest BCUT2D eigenvalue weighted by atomic mass is 10.0. The van der Waals surface area contributed by atoms with Crippen LogP contribution in [0.25, 0.3) is 11.1 Å². The van der Waals surface area contributed by atoms with Gasteiger partial charge in [0.15, 0.2) is 0 Å². The first-order valence-electron chi connectivity index (χ1n) is 9.88. The maximum absolute atomic E-state index is 14.0. The minimum absolute atomic E-state index is 0.347. The van der Waals surface area contributed by atoms with Crippen LogP contribution in [-0.4, -0.2) is 22.3 Å². The van der Waals surface area contributed by atoms with Crippen molar-refractivity contribution >= 4 is 17.2 Å². The first-order valence-corrected chi connectivity index (χ1v) is 11.0. The van der Waals surface area contributed by atoms with Crippen molar-refractivity contribution in [2.24, 2.45) is 4.40 Å². The van der Waals surface area contributed by atoms with Crippen LogP contribution in [0.3, 0.4) is 0 Å². The Hall–Kier alpha value is -2.99.